The largest absolute Gasteiger partial charge is 0.465 e. The van der Waals surface area contributed by atoms with Gasteiger partial charge in [-0.25, -0.2) is 4.79 Å². The van der Waals surface area contributed by atoms with Gasteiger partial charge in [-0.3, -0.25) is 4.79 Å². The highest BCUT2D eigenvalue weighted by molar-refractivity contribution is 5.94. The number of ether oxygens (including phenoxy) is 1. The molecule has 4 aromatic rings. The smallest absolute Gasteiger partial charge is 0.337 e. The average molecular weight is 362 g/mol. The van der Waals surface area contributed by atoms with Crippen LogP contribution in [0, 0.1) is 0 Å². The summed E-state index contributed by atoms with van der Waals surface area (Å²) in [5.74, 6) is -0.309. The van der Waals surface area contributed by atoms with Crippen LogP contribution in [0.2, 0.25) is 0 Å². The molecule has 5 heteroatoms. The number of esters is 1. The maximum absolute atomic E-state index is 11.1. The third-order valence-electron chi connectivity index (χ3n) is 4.42. The van der Waals surface area contributed by atoms with Gasteiger partial charge in [-0.15, -0.1) is 0 Å². The molecule has 2 aromatic heterocycles. The number of carbonyl (C=O) groups is 2. The molecule has 4 rings (SSSR count). The van der Waals surface area contributed by atoms with Gasteiger partial charge in [0.25, 0.3) is 0 Å². The molecule has 5 nitrogen and oxygen atoms in total. The van der Waals surface area contributed by atoms with Crippen molar-refractivity contribution in [3.63, 3.8) is 0 Å². The standard InChI is InChI=1S/C12H13NO.C10H9NO2/c1-9(2)13-6-5-11-4-3-10(8-14)7-12(11)13;1-13-10(12)8-3-2-7-4-5-11-9(7)6-8/h3-9H,1-2H3;2-6,11H,1H3. The number of benzene rings is 2. The number of aldehydes is 1. The molecule has 2 aromatic carbocycles. The molecular formula is C22H22N2O3. The van der Waals surface area contributed by atoms with Crippen LogP contribution < -0.4 is 0 Å². The monoisotopic (exact) mass is 362 g/mol. The van der Waals surface area contributed by atoms with Crippen LogP contribution >= 0.6 is 0 Å². The lowest BCUT2D eigenvalue weighted by Gasteiger charge is -2.09. The molecule has 0 amide bonds. The molecule has 0 unspecified atom stereocenters. The Hall–Kier alpha value is -3.34. The van der Waals surface area contributed by atoms with Crippen LogP contribution in [-0.4, -0.2) is 28.9 Å². The Morgan fingerprint density at radius 3 is 2.56 bits per heavy atom. The molecular weight excluding hydrogens is 340 g/mol. The highest BCUT2D eigenvalue weighted by Gasteiger charge is 2.05. The van der Waals surface area contributed by atoms with Gasteiger partial charge in [-0.2, -0.15) is 0 Å². The Bertz CT molecular complexity index is 1090. The maximum atomic E-state index is 11.1. The molecule has 0 aliphatic heterocycles. The number of H-pyrrole nitrogens is 1. The predicted molar refractivity (Wildman–Crippen MR) is 107 cm³/mol. The van der Waals surface area contributed by atoms with Gasteiger partial charge in [0.05, 0.1) is 12.7 Å². The van der Waals surface area contributed by atoms with Crippen molar-refractivity contribution in [1.82, 2.24) is 9.55 Å². The van der Waals surface area contributed by atoms with E-state index in [-0.39, 0.29) is 5.97 Å². The van der Waals surface area contributed by atoms with E-state index in [2.05, 4.69) is 40.4 Å². The van der Waals surface area contributed by atoms with Gasteiger partial charge in [0.2, 0.25) is 0 Å². The Balaban J connectivity index is 0.000000156. The minimum absolute atomic E-state index is 0.309. The first kappa shape index (κ1) is 18.5. The SMILES string of the molecule is CC(C)n1ccc2ccc(C=O)cc21.COC(=O)c1ccc2cc[nH]c2c1. The summed E-state index contributed by atoms with van der Waals surface area (Å²) < 4.78 is 6.78. The molecule has 0 atom stereocenters. The fourth-order valence-electron chi connectivity index (χ4n) is 2.98. The van der Waals surface area contributed by atoms with Crippen molar-refractivity contribution in [2.45, 2.75) is 19.9 Å². The molecule has 2 heterocycles. The molecule has 27 heavy (non-hydrogen) atoms. The summed E-state index contributed by atoms with van der Waals surface area (Å²) in [4.78, 5) is 24.8. The summed E-state index contributed by atoms with van der Waals surface area (Å²) in [5.41, 5.74) is 3.38. The minimum atomic E-state index is -0.309. The van der Waals surface area contributed by atoms with E-state index in [9.17, 15) is 9.59 Å². The van der Waals surface area contributed by atoms with Gasteiger partial charge in [0.15, 0.2) is 0 Å². The molecule has 0 aliphatic rings. The molecule has 0 spiro atoms. The summed E-state index contributed by atoms with van der Waals surface area (Å²) >= 11 is 0. The van der Waals surface area contributed by atoms with Gasteiger partial charge in [-0.05, 0) is 55.0 Å². The highest BCUT2D eigenvalue weighted by Crippen LogP contribution is 2.20. The zero-order chi connectivity index (χ0) is 19.4. The van der Waals surface area contributed by atoms with Gasteiger partial charge >= 0.3 is 5.97 Å². The van der Waals surface area contributed by atoms with Crippen molar-refractivity contribution in [3.05, 3.63) is 72.1 Å². The predicted octanol–water partition coefficient (Wildman–Crippen LogP) is 4.99. The normalized spacial score (nSPS) is 10.7. The summed E-state index contributed by atoms with van der Waals surface area (Å²) in [5, 5.41) is 2.27. The number of rotatable bonds is 3. The number of fused-ring (bicyclic) bond motifs is 2. The number of carbonyl (C=O) groups excluding carboxylic acids is 2. The zero-order valence-corrected chi connectivity index (χ0v) is 15.6. The third-order valence-corrected chi connectivity index (χ3v) is 4.42. The number of hydrogen-bond acceptors (Lipinski definition) is 3. The molecule has 138 valence electrons. The summed E-state index contributed by atoms with van der Waals surface area (Å²) in [6.45, 7) is 4.26. The van der Waals surface area contributed by atoms with Crippen LogP contribution in [0.25, 0.3) is 21.8 Å². The van der Waals surface area contributed by atoms with Crippen molar-refractivity contribution < 1.29 is 14.3 Å². The number of aromatic amines is 1. The number of nitrogens with zero attached hydrogens (tertiary/aromatic N) is 1. The molecule has 0 fully saturated rings. The third kappa shape index (κ3) is 3.92. The van der Waals surface area contributed by atoms with Gasteiger partial charge in [0, 0.05) is 35.0 Å². The van der Waals surface area contributed by atoms with Gasteiger partial charge in [-0.1, -0.05) is 18.2 Å². The van der Waals surface area contributed by atoms with E-state index in [0.29, 0.717) is 11.6 Å². The van der Waals surface area contributed by atoms with E-state index in [1.54, 1.807) is 12.1 Å². The number of methoxy groups -OCH3 is 1. The first-order valence-electron chi connectivity index (χ1n) is 8.74. The summed E-state index contributed by atoms with van der Waals surface area (Å²) in [7, 11) is 1.38. The topological polar surface area (TPSA) is 64.1 Å². The molecule has 0 saturated heterocycles. The van der Waals surface area contributed by atoms with Gasteiger partial charge in [0.1, 0.15) is 6.29 Å². The Labute approximate surface area is 157 Å². The fourth-order valence-corrected chi connectivity index (χ4v) is 2.98. The molecule has 0 bridgehead atoms. The lowest BCUT2D eigenvalue weighted by atomic mass is 10.2. The lowest BCUT2D eigenvalue weighted by Crippen LogP contribution is -2.00. The molecule has 1 N–H and O–H groups in total. The van der Waals surface area contributed by atoms with Gasteiger partial charge < -0.3 is 14.3 Å². The molecule has 0 radical (unpaired) electrons. The van der Waals surface area contributed by atoms with Crippen LogP contribution in [0.15, 0.2) is 60.9 Å². The zero-order valence-electron chi connectivity index (χ0n) is 15.6. The minimum Gasteiger partial charge on any atom is -0.465 e. The van der Waals surface area contributed by atoms with Crippen LogP contribution in [0.4, 0.5) is 0 Å². The lowest BCUT2D eigenvalue weighted by molar-refractivity contribution is 0.0601. The second-order valence-corrected chi connectivity index (χ2v) is 6.52. The van der Waals surface area contributed by atoms with Crippen molar-refractivity contribution >= 4 is 34.1 Å². The number of aromatic nitrogens is 2. The van der Waals surface area contributed by atoms with E-state index >= 15 is 0 Å². The Kier molecular flexibility index (Phi) is 5.41. The van der Waals surface area contributed by atoms with Crippen molar-refractivity contribution in [1.29, 1.82) is 0 Å². The Morgan fingerprint density at radius 2 is 1.85 bits per heavy atom. The van der Waals surface area contributed by atoms with Crippen molar-refractivity contribution in [2.75, 3.05) is 7.11 Å². The van der Waals surface area contributed by atoms with Crippen molar-refractivity contribution in [2.24, 2.45) is 0 Å². The van der Waals surface area contributed by atoms with E-state index < -0.39 is 0 Å². The van der Waals surface area contributed by atoms with E-state index in [1.165, 1.54) is 12.5 Å². The van der Waals surface area contributed by atoms with E-state index in [0.717, 1.165) is 28.3 Å². The second-order valence-electron chi connectivity index (χ2n) is 6.52. The molecule has 0 aliphatic carbocycles. The average Bonchev–Trinajstić information content (AvgIpc) is 3.33. The van der Waals surface area contributed by atoms with Crippen LogP contribution in [0.5, 0.6) is 0 Å². The van der Waals surface area contributed by atoms with E-state index in [1.807, 2.05) is 36.5 Å². The summed E-state index contributed by atoms with van der Waals surface area (Å²) in [6.07, 6.45) is 4.78. The van der Waals surface area contributed by atoms with Crippen LogP contribution in [-0.2, 0) is 4.74 Å². The highest BCUT2D eigenvalue weighted by atomic mass is 16.5. The first-order valence-corrected chi connectivity index (χ1v) is 8.74. The number of nitrogens with one attached hydrogen (secondary N) is 1. The Morgan fingerprint density at radius 1 is 1.07 bits per heavy atom. The quantitative estimate of drug-likeness (QED) is 0.412. The van der Waals surface area contributed by atoms with Crippen molar-refractivity contribution in [3.8, 4) is 0 Å². The summed E-state index contributed by atoms with van der Waals surface area (Å²) in [6, 6.07) is 15.6. The number of hydrogen-bond donors (Lipinski definition) is 1. The second kappa shape index (κ2) is 7.91. The van der Waals surface area contributed by atoms with Crippen LogP contribution in [0.3, 0.4) is 0 Å². The first-order chi connectivity index (χ1) is 13.0. The fraction of sp³-hybridized carbons (Fsp3) is 0.182. The maximum Gasteiger partial charge on any atom is 0.337 e. The van der Waals surface area contributed by atoms with Crippen LogP contribution in [0.1, 0.15) is 40.6 Å². The van der Waals surface area contributed by atoms with E-state index in [4.69, 9.17) is 0 Å². The molecule has 0 saturated carbocycles.